The topological polar surface area (TPSA) is 70.8 Å². The van der Waals surface area contributed by atoms with Crippen LogP contribution in [0.2, 0.25) is 0 Å². The van der Waals surface area contributed by atoms with E-state index in [4.69, 9.17) is 4.42 Å². The Morgan fingerprint density at radius 1 is 1.14 bits per heavy atom. The highest BCUT2D eigenvalue weighted by molar-refractivity contribution is 7.89. The number of rotatable bonds is 5. The molecule has 0 unspecified atom stereocenters. The molecule has 0 aliphatic rings. The zero-order valence-corrected chi connectivity index (χ0v) is 13.5. The number of nitrogens with zero attached hydrogens (tertiary/aromatic N) is 2. The van der Waals surface area contributed by atoms with E-state index in [1.807, 2.05) is 0 Å². The van der Waals surface area contributed by atoms with Crippen LogP contribution in [0.25, 0.3) is 0 Å². The van der Waals surface area contributed by atoms with Gasteiger partial charge in [-0.05, 0) is 30.3 Å². The molecule has 22 heavy (non-hydrogen) atoms. The van der Waals surface area contributed by atoms with E-state index in [9.17, 15) is 13.2 Å². The third-order valence-corrected chi connectivity index (χ3v) is 4.99. The molecule has 6 nitrogen and oxygen atoms in total. The molecular weight excluding hydrogens is 304 g/mol. The van der Waals surface area contributed by atoms with Crippen molar-refractivity contribution >= 4 is 15.9 Å². The van der Waals surface area contributed by atoms with Gasteiger partial charge in [0, 0.05) is 26.7 Å². The average molecular weight is 322 g/mol. The fraction of sp³-hybridized carbons (Fsp3) is 0.267. The molecule has 0 aliphatic heterocycles. The molecule has 0 radical (unpaired) electrons. The minimum absolute atomic E-state index is 0.0924. The van der Waals surface area contributed by atoms with Crippen molar-refractivity contribution in [1.29, 1.82) is 0 Å². The van der Waals surface area contributed by atoms with Gasteiger partial charge in [-0.2, -0.15) is 0 Å². The van der Waals surface area contributed by atoms with Crippen molar-refractivity contribution < 1.29 is 17.6 Å². The van der Waals surface area contributed by atoms with E-state index in [1.54, 1.807) is 31.3 Å². The second-order valence-electron chi connectivity index (χ2n) is 5.06. The van der Waals surface area contributed by atoms with Gasteiger partial charge in [-0.15, -0.1) is 0 Å². The lowest BCUT2D eigenvalue weighted by Crippen LogP contribution is -2.27. The zero-order valence-electron chi connectivity index (χ0n) is 12.7. The van der Waals surface area contributed by atoms with E-state index in [2.05, 4.69) is 0 Å². The van der Waals surface area contributed by atoms with E-state index in [0.29, 0.717) is 17.9 Å². The van der Waals surface area contributed by atoms with Crippen LogP contribution in [-0.2, 0) is 16.6 Å². The van der Waals surface area contributed by atoms with Crippen LogP contribution in [0.1, 0.15) is 16.1 Å². The second-order valence-corrected chi connectivity index (χ2v) is 7.21. The molecule has 2 aromatic rings. The summed E-state index contributed by atoms with van der Waals surface area (Å²) < 4.78 is 30.6. The number of furan rings is 1. The Bertz CT molecular complexity index is 752. The van der Waals surface area contributed by atoms with E-state index in [-0.39, 0.29) is 10.8 Å². The fourth-order valence-corrected chi connectivity index (χ4v) is 2.88. The molecule has 0 aliphatic carbocycles. The normalized spacial score (nSPS) is 11.6. The van der Waals surface area contributed by atoms with Gasteiger partial charge in [-0.3, -0.25) is 4.79 Å². The maximum Gasteiger partial charge on any atom is 0.254 e. The predicted octanol–water partition coefficient (Wildman–Crippen LogP) is 1.80. The lowest BCUT2D eigenvalue weighted by Gasteiger charge is -2.17. The minimum atomic E-state index is -3.56. The van der Waals surface area contributed by atoms with Crippen LogP contribution in [0.4, 0.5) is 0 Å². The highest BCUT2D eigenvalue weighted by Gasteiger charge is 2.20. The van der Waals surface area contributed by atoms with Gasteiger partial charge in [-0.1, -0.05) is 6.07 Å². The Labute approximate surface area is 130 Å². The number of sulfonamides is 1. The highest BCUT2D eigenvalue weighted by Crippen LogP contribution is 2.16. The Morgan fingerprint density at radius 2 is 1.86 bits per heavy atom. The Morgan fingerprint density at radius 3 is 2.45 bits per heavy atom. The number of benzene rings is 1. The first-order valence-corrected chi connectivity index (χ1v) is 8.07. The molecule has 0 bridgehead atoms. The van der Waals surface area contributed by atoms with Crippen molar-refractivity contribution in [3.05, 3.63) is 54.0 Å². The Kier molecular flexibility index (Phi) is 4.68. The van der Waals surface area contributed by atoms with Crippen LogP contribution in [0.5, 0.6) is 0 Å². The van der Waals surface area contributed by atoms with Gasteiger partial charge in [0.2, 0.25) is 10.0 Å². The molecule has 118 valence electrons. The summed E-state index contributed by atoms with van der Waals surface area (Å²) in [5.41, 5.74) is 0.317. The summed E-state index contributed by atoms with van der Waals surface area (Å²) in [7, 11) is 0.975. The SMILES string of the molecule is CN(Cc1ccco1)C(=O)c1cccc(S(=O)(=O)N(C)C)c1. The molecule has 1 heterocycles. The summed E-state index contributed by atoms with van der Waals surface area (Å²) in [4.78, 5) is 14.0. The Hall–Kier alpha value is -2.12. The third-order valence-electron chi connectivity index (χ3n) is 3.18. The molecule has 0 saturated heterocycles. The summed E-state index contributed by atoms with van der Waals surface area (Å²) in [6, 6.07) is 9.53. The average Bonchev–Trinajstić information content (AvgIpc) is 2.99. The fourth-order valence-electron chi connectivity index (χ4n) is 1.93. The first kappa shape index (κ1) is 16.3. The number of amides is 1. The zero-order chi connectivity index (χ0) is 16.3. The monoisotopic (exact) mass is 322 g/mol. The van der Waals surface area contributed by atoms with Crippen molar-refractivity contribution in [2.24, 2.45) is 0 Å². The van der Waals surface area contributed by atoms with Gasteiger partial charge in [0.15, 0.2) is 0 Å². The van der Waals surface area contributed by atoms with Crippen LogP contribution in [0, 0.1) is 0 Å². The lowest BCUT2D eigenvalue weighted by molar-refractivity contribution is 0.0775. The van der Waals surface area contributed by atoms with Gasteiger partial charge in [0.25, 0.3) is 5.91 Å². The molecule has 0 atom stereocenters. The maximum atomic E-state index is 12.4. The van der Waals surface area contributed by atoms with E-state index in [1.165, 1.54) is 37.4 Å². The second kappa shape index (κ2) is 6.33. The molecule has 0 N–H and O–H groups in total. The van der Waals surface area contributed by atoms with E-state index < -0.39 is 10.0 Å². The summed E-state index contributed by atoms with van der Waals surface area (Å²) in [6.07, 6.45) is 1.54. The molecule has 1 aromatic heterocycles. The van der Waals surface area contributed by atoms with Gasteiger partial charge in [-0.25, -0.2) is 12.7 Å². The number of hydrogen-bond donors (Lipinski definition) is 0. The van der Waals surface area contributed by atoms with Crippen molar-refractivity contribution in [1.82, 2.24) is 9.21 Å². The molecule has 0 fully saturated rings. The summed E-state index contributed by atoms with van der Waals surface area (Å²) in [6.45, 7) is 0.316. The first-order valence-electron chi connectivity index (χ1n) is 6.63. The molecule has 0 saturated carbocycles. The van der Waals surface area contributed by atoms with Crippen LogP contribution in [0.15, 0.2) is 52.0 Å². The van der Waals surface area contributed by atoms with Crippen molar-refractivity contribution in [2.45, 2.75) is 11.4 Å². The minimum Gasteiger partial charge on any atom is -0.467 e. The molecule has 1 amide bonds. The van der Waals surface area contributed by atoms with Gasteiger partial charge in [0.1, 0.15) is 5.76 Å². The van der Waals surface area contributed by atoms with Gasteiger partial charge in [0.05, 0.1) is 17.7 Å². The predicted molar refractivity (Wildman–Crippen MR) is 81.8 cm³/mol. The van der Waals surface area contributed by atoms with E-state index in [0.717, 1.165) is 4.31 Å². The molecule has 2 rings (SSSR count). The maximum absolute atomic E-state index is 12.4. The van der Waals surface area contributed by atoms with Crippen LogP contribution < -0.4 is 0 Å². The van der Waals surface area contributed by atoms with E-state index >= 15 is 0 Å². The quantitative estimate of drug-likeness (QED) is 0.841. The first-order chi connectivity index (χ1) is 10.3. The summed E-state index contributed by atoms with van der Waals surface area (Å²) >= 11 is 0. The summed E-state index contributed by atoms with van der Waals surface area (Å²) in [5.74, 6) is 0.389. The van der Waals surface area contributed by atoms with Crippen molar-refractivity contribution in [3.8, 4) is 0 Å². The molecule has 7 heteroatoms. The smallest absolute Gasteiger partial charge is 0.254 e. The molecule has 0 spiro atoms. The van der Waals surface area contributed by atoms with Crippen LogP contribution in [0.3, 0.4) is 0 Å². The van der Waals surface area contributed by atoms with Gasteiger partial charge >= 0.3 is 0 Å². The number of hydrogen-bond acceptors (Lipinski definition) is 4. The molecule has 1 aromatic carbocycles. The van der Waals surface area contributed by atoms with Crippen LogP contribution >= 0.6 is 0 Å². The Balaban J connectivity index is 2.24. The lowest BCUT2D eigenvalue weighted by atomic mass is 10.2. The number of carbonyl (C=O) groups excluding carboxylic acids is 1. The molecular formula is C15H18N2O4S. The van der Waals surface area contributed by atoms with Crippen LogP contribution in [-0.4, -0.2) is 44.7 Å². The highest BCUT2D eigenvalue weighted by atomic mass is 32.2. The largest absolute Gasteiger partial charge is 0.467 e. The van der Waals surface area contributed by atoms with Crippen molar-refractivity contribution in [2.75, 3.05) is 21.1 Å². The van der Waals surface area contributed by atoms with Gasteiger partial charge < -0.3 is 9.32 Å². The third kappa shape index (κ3) is 3.37. The standard InChI is InChI=1S/C15H18N2O4S/c1-16(2)22(19,20)14-8-4-6-12(10-14)15(18)17(3)11-13-7-5-9-21-13/h4-10H,11H2,1-3H3. The number of carbonyl (C=O) groups is 1. The van der Waals surface area contributed by atoms with Crippen molar-refractivity contribution in [3.63, 3.8) is 0 Å². The summed E-state index contributed by atoms with van der Waals surface area (Å²) in [5, 5.41) is 0.